The van der Waals surface area contributed by atoms with Crippen molar-refractivity contribution in [2.75, 3.05) is 26.2 Å². The van der Waals surface area contributed by atoms with Crippen LogP contribution in [0, 0.1) is 11.3 Å². The van der Waals surface area contributed by atoms with Crippen molar-refractivity contribution in [1.82, 2.24) is 10.2 Å². The number of nitrogens with zero attached hydrogens (tertiary/aromatic N) is 1. The summed E-state index contributed by atoms with van der Waals surface area (Å²) in [6.07, 6.45) is 4.66. The molecule has 0 radical (unpaired) electrons. The normalized spacial score (nSPS) is 30.1. The van der Waals surface area contributed by atoms with Gasteiger partial charge in [-0.2, -0.15) is 0 Å². The molecule has 2 heterocycles. The lowest BCUT2D eigenvalue weighted by Gasteiger charge is -2.36. The lowest BCUT2D eigenvalue weighted by molar-refractivity contribution is -0.141. The van der Waals surface area contributed by atoms with Crippen molar-refractivity contribution in [2.45, 2.75) is 39.5 Å². The Labute approximate surface area is 111 Å². The molecule has 2 aliphatic rings. The molecule has 0 bridgehead atoms. The van der Waals surface area contributed by atoms with E-state index in [0.29, 0.717) is 5.91 Å². The second kappa shape index (κ2) is 6.05. The first kappa shape index (κ1) is 14.8. The predicted molar refractivity (Wildman–Crippen MR) is 72.4 cm³/mol. The average Bonchev–Trinajstić information content (AvgIpc) is 2.77. The summed E-state index contributed by atoms with van der Waals surface area (Å²) >= 11 is 0. The van der Waals surface area contributed by atoms with Gasteiger partial charge in [-0.05, 0) is 38.6 Å². The maximum absolute atomic E-state index is 12.4. The molecule has 0 saturated carbocycles. The molecule has 2 fully saturated rings. The summed E-state index contributed by atoms with van der Waals surface area (Å²) in [5.41, 5.74) is -0.126. The summed E-state index contributed by atoms with van der Waals surface area (Å²) in [5, 5.41) is 3.31. The van der Waals surface area contributed by atoms with Crippen LogP contribution >= 0.6 is 12.4 Å². The zero-order chi connectivity index (χ0) is 11.6. The molecule has 17 heavy (non-hydrogen) atoms. The molecule has 3 nitrogen and oxygen atoms in total. The molecule has 0 aromatic carbocycles. The number of hydrogen-bond donors (Lipinski definition) is 1. The van der Waals surface area contributed by atoms with Crippen LogP contribution in [0.4, 0.5) is 0 Å². The van der Waals surface area contributed by atoms with Crippen molar-refractivity contribution in [2.24, 2.45) is 11.3 Å². The number of rotatable bonds is 2. The Morgan fingerprint density at radius 1 is 1.41 bits per heavy atom. The fourth-order valence-electron chi connectivity index (χ4n) is 2.93. The van der Waals surface area contributed by atoms with E-state index < -0.39 is 0 Å². The van der Waals surface area contributed by atoms with Gasteiger partial charge in [0.05, 0.1) is 5.41 Å². The van der Waals surface area contributed by atoms with Gasteiger partial charge in [0, 0.05) is 19.6 Å². The van der Waals surface area contributed by atoms with E-state index in [1.54, 1.807) is 0 Å². The van der Waals surface area contributed by atoms with Crippen LogP contribution in [0.25, 0.3) is 0 Å². The van der Waals surface area contributed by atoms with Crippen LogP contribution in [0.15, 0.2) is 0 Å². The van der Waals surface area contributed by atoms with Crippen LogP contribution in [0.3, 0.4) is 0 Å². The first-order valence-electron chi connectivity index (χ1n) is 6.66. The third-order valence-corrected chi connectivity index (χ3v) is 4.36. The van der Waals surface area contributed by atoms with Crippen LogP contribution in [-0.2, 0) is 4.79 Å². The standard InChI is InChI=1S/C13H24N2O.ClH/c1-3-11-4-8-15(9-5-11)12(16)13(2)6-7-14-10-13;/h11,14H,3-10H2,1-2H3;1H. The van der Waals surface area contributed by atoms with Gasteiger partial charge in [-0.25, -0.2) is 0 Å². The molecule has 0 aromatic rings. The maximum atomic E-state index is 12.4. The van der Waals surface area contributed by atoms with Crippen molar-refractivity contribution >= 4 is 18.3 Å². The highest BCUT2D eigenvalue weighted by Crippen LogP contribution is 2.30. The van der Waals surface area contributed by atoms with Gasteiger partial charge in [-0.3, -0.25) is 4.79 Å². The minimum absolute atomic E-state index is 0. The quantitative estimate of drug-likeness (QED) is 0.824. The zero-order valence-electron chi connectivity index (χ0n) is 11.0. The minimum atomic E-state index is -0.126. The zero-order valence-corrected chi connectivity index (χ0v) is 11.8. The SMILES string of the molecule is CCC1CCN(C(=O)C2(C)CCNC2)CC1.Cl. The predicted octanol–water partition coefficient (Wildman–Crippen LogP) is 2.06. The van der Waals surface area contributed by atoms with E-state index in [1.165, 1.54) is 19.3 Å². The molecule has 1 N–H and O–H groups in total. The van der Waals surface area contributed by atoms with Crippen LogP contribution in [0.1, 0.15) is 39.5 Å². The van der Waals surface area contributed by atoms with Gasteiger partial charge in [0.2, 0.25) is 5.91 Å². The fraction of sp³-hybridized carbons (Fsp3) is 0.923. The van der Waals surface area contributed by atoms with E-state index in [1.807, 2.05) is 0 Å². The highest BCUT2D eigenvalue weighted by atomic mass is 35.5. The number of nitrogens with one attached hydrogen (secondary N) is 1. The number of likely N-dealkylation sites (tertiary alicyclic amines) is 1. The topological polar surface area (TPSA) is 32.3 Å². The third kappa shape index (κ3) is 3.14. The highest BCUT2D eigenvalue weighted by molar-refractivity contribution is 5.85. The van der Waals surface area contributed by atoms with Crippen molar-refractivity contribution in [1.29, 1.82) is 0 Å². The Bertz CT molecular complexity index is 256. The van der Waals surface area contributed by atoms with Crippen LogP contribution < -0.4 is 5.32 Å². The van der Waals surface area contributed by atoms with Crippen molar-refractivity contribution in [3.8, 4) is 0 Å². The molecule has 2 saturated heterocycles. The van der Waals surface area contributed by atoms with E-state index in [2.05, 4.69) is 24.1 Å². The Balaban J connectivity index is 0.00000144. The van der Waals surface area contributed by atoms with Crippen molar-refractivity contribution in [3.63, 3.8) is 0 Å². The smallest absolute Gasteiger partial charge is 0.229 e. The molecule has 1 amide bonds. The molecule has 4 heteroatoms. The van der Waals surface area contributed by atoms with E-state index in [0.717, 1.165) is 38.5 Å². The minimum Gasteiger partial charge on any atom is -0.342 e. The Kier molecular flexibility index (Phi) is 5.26. The molecule has 0 aliphatic carbocycles. The van der Waals surface area contributed by atoms with Gasteiger partial charge in [-0.1, -0.05) is 13.3 Å². The van der Waals surface area contributed by atoms with E-state index in [4.69, 9.17) is 0 Å². The van der Waals surface area contributed by atoms with Gasteiger partial charge in [0.15, 0.2) is 0 Å². The monoisotopic (exact) mass is 260 g/mol. The summed E-state index contributed by atoms with van der Waals surface area (Å²) < 4.78 is 0. The van der Waals surface area contributed by atoms with Crippen LogP contribution in [-0.4, -0.2) is 37.0 Å². The van der Waals surface area contributed by atoms with Gasteiger partial charge >= 0.3 is 0 Å². The van der Waals surface area contributed by atoms with Gasteiger partial charge in [-0.15, -0.1) is 12.4 Å². The second-order valence-electron chi connectivity index (χ2n) is 5.63. The summed E-state index contributed by atoms with van der Waals surface area (Å²) in [6, 6.07) is 0. The van der Waals surface area contributed by atoms with Crippen molar-refractivity contribution < 1.29 is 4.79 Å². The molecular formula is C13H25ClN2O. The summed E-state index contributed by atoms with van der Waals surface area (Å²) in [6.45, 7) is 8.18. The van der Waals surface area contributed by atoms with Gasteiger partial charge in [0.25, 0.3) is 0 Å². The molecule has 1 unspecified atom stereocenters. The third-order valence-electron chi connectivity index (χ3n) is 4.36. The van der Waals surface area contributed by atoms with Crippen LogP contribution in [0.5, 0.6) is 0 Å². The molecule has 0 spiro atoms. The second-order valence-corrected chi connectivity index (χ2v) is 5.63. The number of hydrogen-bond acceptors (Lipinski definition) is 2. The Morgan fingerprint density at radius 2 is 2.06 bits per heavy atom. The first-order chi connectivity index (χ1) is 7.65. The lowest BCUT2D eigenvalue weighted by Crippen LogP contribution is -2.47. The molecular weight excluding hydrogens is 236 g/mol. The lowest BCUT2D eigenvalue weighted by atomic mass is 9.86. The Hall–Kier alpha value is -0.280. The largest absolute Gasteiger partial charge is 0.342 e. The van der Waals surface area contributed by atoms with E-state index >= 15 is 0 Å². The maximum Gasteiger partial charge on any atom is 0.229 e. The molecule has 100 valence electrons. The number of carbonyl (C=O) groups excluding carboxylic acids is 1. The molecule has 0 aromatic heterocycles. The van der Waals surface area contributed by atoms with Gasteiger partial charge in [0.1, 0.15) is 0 Å². The van der Waals surface area contributed by atoms with Crippen LogP contribution in [0.2, 0.25) is 0 Å². The number of carbonyl (C=O) groups is 1. The van der Waals surface area contributed by atoms with Gasteiger partial charge < -0.3 is 10.2 Å². The summed E-state index contributed by atoms with van der Waals surface area (Å²) in [5.74, 6) is 1.23. The summed E-state index contributed by atoms with van der Waals surface area (Å²) in [7, 11) is 0. The van der Waals surface area contributed by atoms with E-state index in [9.17, 15) is 4.79 Å². The molecule has 2 rings (SSSR count). The average molecular weight is 261 g/mol. The fourth-order valence-corrected chi connectivity index (χ4v) is 2.93. The van der Waals surface area contributed by atoms with Crippen molar-refractivity contribution in [3.05, 3.63) is 0 Å². The Morgan fingerprint density at radius 3 is 2.53 bits per heavy atom. The summed E-state index contributed by atoms with van der Waals surface area (Å²) in [4.78, 5) is 14.5. The number of piperidine rings is 1. The first-order valence-corrected chi connectivity index (χ1v) is 6.66. The number of amides is 1. The molecule has 1 atom stereocenters. The number of halogens is 1. The molecule has 2 aliphatic heterocycles. The highest BCUT2D eigenvalue weighted by Gasteiger charge is 2.39. The van der Waals surface area contributed by atoms with E-state index in [-0.39, 0.29) is 17.8 Å².